The number of aryl methyl sites for hydroxylation is 1. The van der Waals surface area contributed by atoms with Crippen LogP contribution in [0, 0.1) is 0 Å². The highest BCUT2D eigenvalue weighted by atomic mass is 16.2. The zero-order valence-corrected chi connectivity index (χ0v) is 16.2. The van der Waals surface area contributed by atoms with E-state index in [1.54, 1.807) is 18.2 Å². The average Bonchev–Trinajstić information content (AvgIpc) is 3.22. The van der Waals surface area contributed by atoms with Crippen LogP contribution in [-0.2, 0) is 17.9 Å². The van der Waals surface area contributed by atoms with Crippen LogP contribution in [0.3, 0.4) is 0 Å². The highest BCUT2D eigenvalue weighted by Gasteiger charge is 2.14. The van der Waals surface area contributed by atoms with Gasteiger partial charge in [-0.3, -0.25) is 19.0 Å². The van der Waals surface area contributed by atoms with Gasteiger partial charge in [-0.25, -0.2) is 0 Å². The summed E-state index contributed by atoms with van der Waals surface area (Å²) in [5, 5.41) is 2.91. The molecule has 1 saturated heterocycles. The van der Waals surface area contributed by atoms with Crippen molar-refractivity contribution in [3.8, 4) is 0 Å². The minimum atomic E-state index is -0.609. The van der Waals surface area contributed by atoms with Gasteiger partial charge in [0.05, 0.1) is 11.0 Å². The molecule has 0 unspecified atom stereocenters. The molecule has 1 aliphatic heterocycles. The highest BCUT2D eigenvalue weighted by Crippen LogP contribution is 2.11. The van der Waals surface area contributed by atoms with Crippen LogP contribution in [0.4, 0.5) is 0 Å². The second-order valence-electron chi connectivity index (χ2n) is 7.15. The van der Waals surface area contributed by atoms with Crippen LogP contribution in [0.2, 0.25) is 0 Å². The number of rotatable bonds is 9. The highest BCUT2D eigenvalue weighted by molar-refractivity contribution is 5.77. The molecule has 2 heterocycles. The molecule has 0 saturated carbocycles. The monoisotopic (exact) mass is 384 g/mol. The molecule has 0 atom stereocenters. The number of hydrogen-bond acceptors (Lipinski definition) is 4. The second kappa shape index (κ2) is 9.50. The topological polar surface area (TPSA) is 76.3 Å². The van der Waals surface area contributed by atoms with Gasteiger partial charge in [0.1, 0.15) is 0 Å². The Bertz CT molecular complexity index is 954. The van der Waals surface area contributed by atoms with E-state index in [-0.39, 0.29) is 25.4 Å². The van der Waals surface area contributed by atoms with E-state index in [2.05, 4.69) is 16.8 Å². The molecule has 1 N–H and O–H groups in total. The molecule has 1 amide bonds. The molecule has 7 nitrogen and oxygen atoms in total. The largest absolute Gasteiger partial charge is 0.356 e. The summed E-state index contributed by atoms with van der Waals surface area (Å²) < 4.78 is 2.82. The van der Waals surface area contributed by atoms with Crippen LogP contribution in [-0.4, -0.2) is 46.1 Å². The van der Waals surface area contributed by atoms with Crippen LogP contribution in [0.25, 0.3) is 11.0 Å². The zero-order valence-electron chi connectivity index (χ0n) is 16.2. The molecule has 1 aromatic carbocycles. The van der Waals surface area contributed by atoms with E-state index in [0.717, 1.165) is 26.1 Å². The second-order valence-corrected chi connectivity index (χ2v) is 7.15. The Hall–Kier alpha value is -2.67. The van der Waals surface area contributed by atoms with Crippen molar-refractivity contribution in [1.29, 1.82) is 0 Å². The summed E-state index contributed by atoms with van der Waals surface area (Å²) in [5.41, 5.74) is 0.112. The first-order valence-corrected chi connectivity index (χ1v) is 9.94. The Kier molecular flexibility index (Phi) is 6.81. The lowest BCUT2D eigenvalue weighted by molar-refractivity contribution is -0.121. The number of aromatic nitrogens is 2. The number of likely N-dealkylation sites (tertiary alicyclic amines) is 1. The summed E-state index contributed by atoms with van der Waals surface area (Å²) in [5.74, 6) is -0.104. The van der Waals surface area contributed by atoms with E-state index >= 15 is 0 Å². The van der Waals surface area contributed by atoms with Gasteiger partial charge in [-0.15, -0.1) is 6.58 Å². The van der Waals surface area contributed by atoms with Gasteiger partial charge in [0.2, 0.25) is 5.91 Å². The Morgan fingerprint density at radius 3 is 2.36 bits per heavy atom. The average molecular weight is 384 g/mol. The van der Waals surface area contributed by atoms with Gasteiger partial charge in [0.25, 0.3) is 0 Å². The molecule has 28 heavy (non-hydrogen) atoms. The fourth-order valence-electron chi connectivity index (χ4n) is 3.74. The third-order valence-electron chi connectivity index (χ3n) is 5.18. The first-order valence-electron chi connectivity index (χ1n) is 9.94. The molecule has 0 radical (unpaired) electrons. The van der Waals surface area contributed by atoms with Crippen molar-refractivity contribution in [1.82, 2.24) is 19.4 Å². The van der Waals surface area contributed by atoms with Gasteiger partial charge < -0.3 is 14.8 Å². The number of benzene rings is 1. The van der Waals surface area contributed by atoms with Crippen molar-refractivity contribution >= 4 is 16.9 Å². The Labute approximate surface area is 164 Å². The van der Waals surface area contributed by atoms with E-state index in [1.807, 2.05) is 12.1 Å². The van der Waals surface area contributed by atoms with Crippen LogP contribution < -0.4 is 16.4 Å². The van der Waals surface area contributed by atoms with Gasteiger partial charge >= 0.3 is 11.1 Å². The minimum Gasteiger partial charge on any atom is -0.356 e. The molecular formula is C21H28N4O3. The zero-order chi connectivity index (χ0) is 19.9. The number of amides is 1. The number of hydrogen-bond donors (Lipinski definition) is 1. The molecular weight excluding hydrogens is 356 g/mol. The van der Waals surface area contributed by atoms with E-state index < -0.39 is 11.1 Å². The van der Waals surface area contributed by atoms with Crippen LogP contribution >= 0.6 is 0 Å². The smallest absolute Gasteiger partial charge is 0.317 e. The summed E-state index contributed by atoms with van der Waals surface area (Å²) in [6.45, 7) is 8.05. The Morgan fingerprint density at radius 2 is 1.68 bits per heavy atom. The molecule has 0 bridgehead atoms. The number of allylic oxidation sites excluding steroid dienone is 1. The first-order chi connectivity index (χ1) is 13.6. The lowest BCUT2D eigenvalue weighted by atomic mass is 10.2. The summed E-state index contributed by atoms with van der Waals surface area (Å²) in [7, 11) is 0. The van der Waals surface area contributed by atoms with Crippen LogP contribution in [0.1, 0.15) is 25.7 Å². The van der Waals surface area contributed by atoms with Gasteiger partial charge in [-0.2, -0.15) is 0 Å². The van der Waals surface area contributed by atoms with Gasteiger partial charge in [-0.1, -0.05) is 18.2 Å². The van der Waals surface area contributed by atoms with Crippen LogP contribution in [0.5, 0.6) is 0 Å². The van der Waals surface area contributed by atoms with Gasteiger partial charge in [-0.05, 0) is 51.0 Å². The van der Waals surface area contributed by atoms with Crippen molar-refractivity contribution < 1.29 is 4.79 Å². The number of nitrogens with zero attached hydrogens (tertiary/aromatic N) is 3. The third-order valence-corrected chi connectivity index (χ3v) is 5.18. The maximum absolute atomic E-state index is 12.6. The number of nitrogens with one attached hydrogen (secondary N) is 1. The molecule has 0 spiro atoms. The standard InChI is InChI=1S/C21H28N4O3/c1-2-12-24-17-8-3-4-9-18(17)25(21(28)20(24)27)16-10-19(26)22-11-7-15-23-13-5-6-14-23/h2-4,8-9H,1,5-7,10-16H2,(H,22,26). The molecule has 3 rings (SSSR count). The summed E-state index contributed by atoms with van der Waals surface area (Å²) >= 11 is 0. The van der Waals surface area contributed by atoms with E-state index in [9.17, 15) is 14.4 Å². The van der Waals surface area contributed by atoms with E-state index in [4.69, 9.17) is 0 Å². The number of carbonyl (C=O) groups is 1. The number of fused-ring (bicyclic) bond motifs is 1. The fourth-order valence-corrected chi connectivity index (χ4v) is 3.74. The maximum Gasteiger partial charge on any atom is 0.317 e. The maximum atomic E-state index is 12.6. The first kappa shape index (κ1) is 20.1. The number of para-hydroxylation sites is 2. The van der Waals surface area contributed by atoms with Crippen molar-refractivity contribution in [2.75, 3.05) is 26.2 Å². The van der Waals surface area contributed by atoms with Gasteiger partial charge in [0.15, 0.2) is 0 Å². The van der Waals surface area contributed by atoms with Crippen molar-refractivity contribution in [3.05, 3.63) is 57.6 Å². The Morgan fingerprint density at radius 1 is 1.04 bits per heavy atom. The predicted octanol–water partition coefficient (Wildman–Crippen LogP) is 1.34. The minimum absolute atomic E-state index is 0.104. The SMILES string of the molecule is C=CCn1c(=O)c(=O)n(CCC(=O)NCCCN2CCCC2)c2ccccc21. The van der Waals surface area contributed by atoms with Crippen molar-refractivity contribution in [2.45, 2.75) is 38.8 Å². The molecule has 0 aliphatic carbocycles. The molecule has 1 fully saturated rings. The lowest BCUT2D eigenvalue weighted by Crippen LogP contribution is -2.42. The van der Waals surface area contributed by atoms with E-state index in [0.29, 0.717) is 17.6 Å². The fraction of sp³-hybridized carbons (Fsp3) is 0.476. The van der Waals surface area contributed by atoms with Gasteiger partial charge in [0, 0.05) is 26.1 Å². The predicted molar refractivity (Wildman–Crippen MR) is 111 cm³/mol. The molecule has 7 heteroatoms. The summed E-state index contributed by atoms with van der Waals surface area (Å²) in [4.78, 5) is 39.6. The van der Waals surface area contributed by atoms with Crippen molar-refractivity contribution in [2.24, 2.45) is 0 Å². The number of carbonyl (C=O) groups excluding carboxylic acids is 1. The Balaban J connectivity index is 1.63. The molecule has 1 aliphatic rings. The van der Waals surface area contributed by atoms with E-state index in [1.165, 1.54) is 22.0 Å². The van der Waals surface area contributed by atoms with Crippen molar-refractivity contribution in [3.63, 3.8) is 0 Å². The third kappa shape index (κ3) is 4.59. The lowest BCUT2D eigenvalue weighted by Gasteiger charge is -2.15. The quantitative estimate of drug-likeness (QED) is 0.402. The molecule has 2 aromatic rings. The molecule has 150 valence electrons. The molecule has 1 aromatic heterocycles. The summed E-state index contributed by atoms with van der Waals surface area (Å²) in [6, 6.07) is 7.24. The summed E-state index contributed by atoms with van der Waals surface area (Å²) in [6.07, 6.45) is 5.21. The normalized spacial score (nSPS) is 14.4. The van der Waals surface area contributed by atoms with Crippen LogP contribution in [0.15, 0.2) is 46.5 Å².